The van der Waals surface area contributed by atoms with Crippen molar-refractivity contribution in [1.82, 2.24) is 0 Å². The van der Waals surface area contributed by atoms with Gasteiger partial charge in [-0.05, 0) is 6.92 Å². The van der Waals surface area contributed by atoms with E-state index >= 15 is 0 Å². The first-order valence-electron chi connectivity index (χ1n) is 3.42. The Morgan fingerprint density at radius 2 is 2.08 bits per heavy atom. The summed E-state index contributed by atoms with van der Waals surface area (Å²) in [7, 11) is 0. The average Bonchev–Trinajstić information content (AvgIpc) is 2.65. The Labute approximate surface area is 66.4 Å². The number of halogens is 2. The third-order valence-corrected chi connectivity index (χ3v) is 1.69. The molecular formula is C6H6F2O4. The molecule has 4 nitrogen and oxygen atoms in total. The second-order valence-electron chi connectivity index (χ2n) is 2.69. The maximum atomic E-state index is 12.7. The summed E-state index contributed by atoms with van der Waals surface area (Å²) in [5.74, 6) is -1.06. The van der Waals surface area contributed by atoms with Crippen molar-refractivity contribution in [2.45, 2.75) is 31.5 Å². The van der Waals surface area contributed by atoms with E-state index in [2.05, 4.69) is 9.47 Å². The number of esters is 1. The predicted octanol–water partition coefficient (Wildman–Crippen LogP) is 0.266. The van der Waals surface area contributed by atoms with Gasteiger partial charge in [0, 0.05) is 0 Å². The van der Waals surface area contributed by atoms with Crippen LogP contribution in [0.2, 0.25) is 0 Å². The normalized spacial score (nSPS) is 44.2. The molecule has 0 aromatic carbocycles. The molecule has 0 amide bonds. The van der Waals surface area contributed by atoms with Crippen LogP contribution in [0.5, 0.6) is 0 Å². The molecule has 0 radical (unpaired) electrons. The molecule has 3 unspecified atom stereocenters. The minimum absolute atomic E-state index is 0.992. The van der Waals surface area contributed by atoms with Crippen LogP contribution in [0.25, 0.3) is 0 Å². The molecule has 0 aromatic rings. The predicted molar refractivity (Wildman–Crippen MR) is 30.2 cm³/mol. The van der Waals surface area contributed by atoms with E-state index in [9.17, 15) is 13.6 Å². The Bertz CT molecular complexity index is 230. The second kappa shape index (κ2) is 2.14. The topological polar surface area (TPSA) is 48.1 Å². The van der Waals surface area contributed by atoms with Crippen LogP contribution in [-0.2, 0) is 19.0 Å². The number of hydrogen-bond donors (Lipinski definition) is 0. The van der Waals surface area contributed by atoms with Gasteiger partial charge < -0.3 is 14.2 Å². The highest BCUT2D eigenvalue weighted by molar-refractivity contribution is 5.74. The summed E-state index contributed by atoms with van der Waals surface area (Å²) >= 11 is 0. The van der Waals surface area contributed by atoms with Gasteiger partial charge in [-0.2, -0.15) is 8.78 Å². The third kappa shape index (κ3) is 1.07. The monoisotopic (exact) mass is 180 g/mol. The Balaban J connectivity index is 2.17. The molecule has 68 valence electrons. The van der Waals surface area contributed by atoms with Crippen LogP contribution in [0.1, 0.15) is 6.92 Å². The van der Waals surface area contributed by atoms with Crippen molar-refractivity contribution in [1.29, 1.82) is 0 Å². The van der Waals surface area contributed by atoms with E-state index in [1.165, 1.54) is 6.92 Å². The van der Waals surface area contributed by atoms with Gasteiger partial charge in [-0.3, -0.25) is 0 Å². The van der Waals surface area contributed by atoms with Crippen LogP contribution in [0.15, 0.2) is 0 Å². The smallest absolute Gasteiger partial charge is 0.397 e. The number of rotatable bonds is 0. The largest absolute Gasteiger partial charge is 0.432 e. The number of alkyl halides is 2. The molecular weight excluding hydrogens is 174 g/mol. The number of cyclic esters (lactones) is 1. The summed E-state index contributed by atoms with van der Waals surface area (Å²) in [5, 5.41) is 0. The lowest BCUT2D eigenvalue weighted by Crippen LogP contribution is -2.32. The molecule has 0 spiro atoms. The number of epoxide rings is 1. The van der Waals surface area contributed by atoms with E-state index in [1.807, 2.05) is 0 Å². The molecule has 12 heavy (non-hydrogen) atoms. The molecule has 2 aliphatic rings. The van der Waals surface area contributed by atoms with Gasteiger partial charge in [0.1, 0.15) is 0 Å². The Hall–Kier alpha value is -0.750. The molecule has 0 N–H and O–H groups in total. The van der Waals surface area contributed by atoms with Crippen LogP contribution >= 0.6 is 0 Å². The van der Waals surface area contributed by atoms with Gasteiger partial charge in [-0.1, -0.05) is 0 Å². The number of carbonyl (C=O) groups is 1. The number of ether oxygens (including phenoxy) is 3. The summed E-state index contributed by atoms with van der Waals surface area (Å²) in [6.07, 6.45) is -6.96. The minimum Gasteiger partial charge on any atom is -0.397 e. The van der Waals surface area contributed by atoms with E-state index in [-0.39, 0.29) is 0 Å². The first-order valence-corrected chi connectivity index (χ1v) is 3.42. The van der Waals surface area contributed by atoms with Gasteiger partial charge in [-0.15, -0.1) is 0 Å². The summed E-state index contributed by atoms with van der Waals surface area (Å²) in [5.41, 5.74) is 0. The van der Waals surface area contributed by atoms with Crippen LogP contribution in [-0.4, -0.2) is 30.6 Å². The van der Waals surface area contributed by atoms with Crippen LogP contribution in [0.4, 0.5) is 8.78 Å². The molecule has 3 atom stereocenters. The van der Waals surface area contributed by atoms with Crippen molar-refractivity contribution in [3.05, 3.63) is 0 Å². The van der Waals surface area contributed by atoms with Gasteiger partial charge in [-0.25, -0.2) is 4.79 Å². The van der Waals surface area contributed by atoms with Crippen molar-refractivity contribution < 1.29 is 27.8 Å². The number of carbonyl (C=O) groups excluding carboxylic acids is 1. The minimum atomic E-state index is -3.55. The maximum absolute atomic E-state index is 12.7. The van der Waals surface area contributed by atoms with Crippen molar-refractivity contribution in [2.24, 2.45) is 0 Å². The summed E-state index contributed by atoms with van der Waals surface area (Å²) < 4.78 is 38.4. The van der Waals surface area contributed by atoms with Crippen LogP contribution in [0.3, 0.4) is 0 Å². The fourth-order valence-corrected chi connectivity index (χ4v) is 0.972. The Morgan fingerprint density at radius 3 is 2.75 bits per heavy atom. The molecule has 2 rings (SSSR count). The third-order valence-electron chi connectivity index (χ3n) is 1.69. The zero-order chi connectivity index (χ0) is 8.93. The second-order valence-corrected chi connectivity index (χ2v) is 2.69. The molecule has 2 saturated heterocycles. The van der Waals surface area contributed by atoms with Crippen molar-refractivity contribution in [3.8, 4) is 0 Å². The fraction of sp³-hybridized carbons (Fsp3) is 0.833. The van der Waals surface area contributed by atoms with Gasteiger partial charge >= 0.3 is 12.1 Å². The molecule has 0 saturated carbocycles. The van der Waals surface area contributed by atoms with Gasteiger partial charge in [0.2, 0.25) is 6.10 Å². The highest BCUT2D eigenvalue weighted by Gasteiger charge is 2.64. The lowest BCUT2D eigenvalue weighted by atomic mass is 10.4. The van der Waals surface area contributed by atoms with Crippen molar-refractivity contribution >= 4 is 5.97 Å². The maximum Gasteiger partial charge on any atom is 0.432 e. The molecule has 2 fully saturated rings. The van der Waals surface area contributed by atoms with Gasteiger partial charge in [0.25, 0.3) is 0 Å². The highest BCUT2D eigenvalue weighted by Crippen LogP contribution is 2.41. The van der Waals surface area contributed by atoms with E-state index in [4.69, 9.17) is 4.74 Å². The summed E-state index contributed by atoms with van der Waals surface area (Å²) in [6.45, 7) is 1.34. The van der Waals surface area contributed by atoms with E-state index in [1.54, 1.807) is 0 Å². The molecule has 2 aliphatic heterocycles. The van der Waals surface area contributed by atoms with Gasteiger partial charge in [0.05, 0.1) is 0 Å². The Kier molecular flexibility index (Phi) is 1.40. The summed E-state index contributed by atoms with van der Waals surface area (Å²) in [4.78, 5) is 10.7. The van der Waals surface area contributed by atoms with Crippen LogP contribution in [0, 0.1) is 0 Å². The van der Waals surface area contributed by atoms with Crippen molar-refractivity contribution in [3.63, 3.8) is 0 Å². The standard InChI is InChI=1S/C6H6F2O4/c1-2-4(9)12-6(7,8)3-5(10-2)11-3/h2-3,5H,1H3. The fourth-order valence-electron chi connectivity index (χ4n) is 0.972. The average molecular weight is 180 g/mol. The number of fused-ring (bicyclic) bond motifs is 1. The highest BCUT2D eigenvalue weighted by atomic mass is 19.3. The van der Waals surface area contributed by atoms with Gasteiger partial charge in [0.15, 0.2) is 12.4 Å². The first-order chi connectivity index (χ1) is 5.50. The lowest BCUT2D eigenvalue weighted by Gasteiger charge is -2.13. The molecule has 6 heteroatoms. The molecule has 0 aliphatic carbocycles. The van der Waals surface area contributed by atoms with E-state index < -0.39 is 30.6 Å². The van der Waals surface area contributed by atoms with Crippen LogP contribution < -0.4 is 0 Å². The lowest BCUT2D eigenvalue weighted by molar-refractivity contribution is -0.243. The summed E-state index contributed by atoms with van der Waals surface area (Å²) in [6, 6.07) is 0. The molecule has 0 aromatic heterocycles. The van der Waals surface area contributed by atoms with E-state index in [0.29, 0.717) is 0 Å². The first kappa shape index (κ1) is 7.88. The molecule has 2 heterocycles. The van der Waals surface area contributed by atoms with Crippen molar-refractivity contribution in [2.75, 3.05) is 0 Å². The number of hydrogen-bond acceptors (Lipinski definition) is 4. The Morgan fingerprint density at radius 1 is 1.42 bits per heavy atom. The SMILES string of the molecule is CC1OC2OC2C(F)(F)OC1=O. The van der Waals surface area contributed by atoms with E-state index in [0.717, 1.165) is 0 Å². The zero-order valence-electron chi connectivity index (χ0n) is 6.12. The molecule has 0 bridgehead atoms. The zero-order valence-corrected chi connectivity index (χ0v) is 6.12. The quantitative estimate of drug-likeness (QED) is 0.396.